The summed E-state index contributed by atoms with van der Waals surface area (Å²) >= 11 is 6.04. The van der Waals surface area contributed by atoms with Gasteiger partial charge in [0.2, 0.25) is 0 Å². The zero-order chi connectivity index (χ0) is 18.7. The number of para-hydroxylation sites is 1. The van der Waals surface area contributed by atoms with E-state index in [0.717, 1.165) is 16.8 Å². The highest BCUT2D eigenvalue weighted by Crippen LogP contribution is 2.22. The van der Waals surface area contributed by atoms with Crippen LogP contribution in [-0.2, 0) is 9.59 Å². The summed E-state index contributed by atoms with van der Waals surface area (Å²) < 4.78 is 0. The van der Waals surface area contributed by atoms with Gasteiger partial charge in [0.1, 0.15) is 0 Å². The van der Waals surface area contributed by atoms with Gasteiger partial charge in [-0.05, 0) is 43.2 Å². The number of benzene rings is 2. The summed E-state index contributed by atoms with van der Waals surface area (Å²) in [5.74, 6) is -1.07. The second-order valence-corrected chi connectivity index (χ2v) is 6.92. The van der Waals surface area contributed by atoms with Gasteiger partial charge in [0.05, 0.1) is 0 Å². The number of nitrogens with zero attached hydrogens (tertiary/aromatic N) is 2. The van der Waals surface area contributed by atoms with Crippen molar-refractivity contribution in [3.8, 4) is 0 Å². The Kier molecular flexibility index (Phi) is 5.47. The molecule has 0 unspecified atom stereocenters. The lowest BCUT2D eigenvalue weighted by molar-refractivity contribution is -0.143. The van der Waals surface area contributed by atoms with Gasteiger partial charge in [-0.2, -0.15) is 0 Å². The Labute approximate surface area is 158 Å². The van der Waals surface area contributed by atoms with Gasteiger partial charge in [0.15, 0.2) is 0 Å². The highest BCUT2D eigenvalue weighted by atomic mass is 35.5. The van der Waals surface area contributed by atoms with Gasteiger partial charge in [0.25, 0.3) is 0 Å². The number of amides is 2. The van der Waals surface area contributed by atoms with Crippen LogP contribution in [0, 0.1) is 13.8 Å². The summed E-state index contributed by atoms with van der Waals surface area (Å²) in [5, 5.41) is 3.45. The molecule has 0 spiro atoms. The molecule has 0 radical (unpaired) electrons. The van der Waals surface area contributed by atoms with E-state index in [-0.39, 0.29) is 0 Å². The van der Waals surface area contributed by atoms with Gasteiger partial charge in [0, 0.05) is 42.6 Å². The number of hydrogen-bond donors (Lipinski definition) is 1. The molecule has 5 nitrogen and oxygen atoms in total. The quantitative estimate of drug-likeness (QED) is 0.824. The Hall–Kier alpha value is -2.53. The first kappa shape index (κ1) is 18.3. The Morgan fingerprint density at radius 1 is 0.962 bits per heavy atom. The maximum atomic E-state index is 12.5. The smallest absolute Gasteiger partial charge is 0.313 e. The highest BCUT2D eigenvalue weighted by Gasteiger charge is 2.26. The van der Waals surface area contributed by atoms with Gasteiger partial charge in [-0.1, -0.05) is 35.9 Å². The number of aryl methyl sites for hydroxylation is 2. The predicted octanol–water partition coefficient (Wildman–Crippen LogP) is 3.24. The second-order valence-electron chi connectivity index (χ2n) is 6.48. The van der Waals surface area contributed by atoms with Crippen LogP contribution in [0.15, 0.2) is 42.5 Å². The van der Waals surface area contributed by atoms with Gasteiger partial charge in [-0.25, -0.2) is 0 Å². The van der Waals surface area contributed by atoms with Crippen LogP contribution in [-0.4, -0.2) is 42.9 Å². The van der Waals surface area contributed by atoms with Crippen molar-refractivity contribution in [2.24, 2.45) is 0 Å². The van der Waals surface area contributed by atoms with E-state index in [1.807, 2.05) is 56.3 Å². The van der Waals surface area contributed by atoms with Crippen molar-refractivity contribution in [1.82, 2.24) is 4.90 Å². The van der Waals surface area contributed by atoms with E-state index < -0.39 is 11.8 Å². The first-order valence-electron chi connectivity index (χ1n) is 8.62. The number of nitrogens with one attached hydrogen (secondary N) is 1. The zero-order valence-corrected chi connectivity index (χ0v) is 15.7. The molecule has 2 amide bonds. The fourth-order valence-electron chi connectivity index (χ4n) is 3.16. The van der Waals surface area contributed by atoms with Gasteiger partial charge in [-0.3, -0.25) is 9.59 Å². The minimum absolute atomic E-state index is 0.488. The summed E-state index contributed by atoms with van der Waals surface area (Å²) in [7, 11) is 0. The first-order chi connectivity index (χ1) is 12.5. The van der Waals surface area contributed by atoms with Gasteiger partial charge in [-0.15, -0.1) is 0 Å². The SMILES string of the molecule is Cc1cccc(C)c1NC(=O)C(=O)N1CCN(c2cccc(Cl)c2)CC1. The van der Waals surface area contributed by atoms with E-state index in [1.165, 1.54) is 0 Å². The van der Waals surface area contributed by atoms with Crippen LogP contribution in [0.5, 0.6) is 0 Å². The van der Waals surface area contributed by atoms with Crippen molar-refractivity contribution >= 4 is 34.8 Å². The minimum atomic E-state index is -0.585. The molecule has 26 heavy (non-hydrogen) atoms. The number of rotatable bonds is 2. The van der Waals surface area contributed by atoms with Crippen LogP contribution < -0.4 is 10.2 Å². The zero-order valence-electron chi connectivity index (χ0n) is 15.0. The Balaban J connectivity index is 1.60. The molecule has 1 fully saturated rings. The van der Waals surface area contributed by atoms with Crippen molar-refractivity contribution in [3.05, 3.63) is 58.6 Å². The molecule has 0 saturated carbocycles. The molecule has 6 heteroatoms. The Morgan fingerprint density at radius 2 is 1.58 bits per heavy atom. The average Bonchev–Trinajstić information content (AvgIpc) is 2.64. The summed E-state index contributed by atoms with van der Waals surface area (Å²) in [6.45, 7) is 6.18. The van der Waals surface area contributed by atoms with E-state index in [2.05, 4.69) is 10.2 Å². The normalized spacial score (nSPS) is 14.3. The maximum Gasteiger partial charge on any atom is 0.313 e. The second kappa shape index (κ2) is 7.79. The lowest BCUT2D eigenvalue weighted by Crippen LogP contribution is -2.51. The average molecular weight is 372 g/mol. The molecule has 1 aliphatic heterocycles. The van der Waals surface area contributed by atoms with E-state index in [4.69, 9.17) is 11.6 Å². The summed E-state index contributed by atoms with van der Waals surface area (Å²) in [6, 6.07) is 13.4. The maximum absolute atomic E-state index is 12.5. The molecule has 1 heterocycles. The van der Waals surface area contributed by atoms with Gasteiger partial charge >= 0.3 is 11.8 Å². The number of halogens is 1. The van der Waals surface area contributed by atoms with E-state index in [1.54, 1.807) is 4.90 Å². The van der Waals surface area contributed by atoms with E-state index in [0.29, 0.717) is 36.9 Å². The first-order valence-corrected chi connectivity index (χ1v) is 9.00. The van der Waals surface area contributed by atoms with Crippen molar-refractivity contribution < 1.29 is 9.59 Å². The third-order valence-corrected chi connectivity index (χ3v) is 4.89. The van der Waals surface area contributed by atoms with Crippen LogP contribution in [0.25, 0.3) is 0 Å². The minimum Gasteiger partial charge on any atom is -0.368 e. The molecular weight excluding hydrogens is 350 g/mol. The largest absolute Gasteiger partial charge is 0.368 e. The Morgan fingerprint density at radius 3 is 2.19 bits per heavy atom. The molecular formula is C20H22ClN3O2. The van der Waals surface area contributed by atoms with Crippen LogP contribution in [0.4, 0.5) is 11.4 Å². The lowest BCUT2D eigenvalue weighted by Gasteiger charge is -2.35. The number of hydrogen-bond acceptors (Lipinski definition) is 3. The van der Waals surface area contributed by atoms with Crippen molar-refractivity contribution in [2.75, 3.05) is 36.4 Å². The number of carbonyl (C=O) groups excluding carboxylic acids is 2. The predicted molar refractivity (Wildman–Crippen MR) is 105 cm³/mol. The molecule has 136 valence electrons. The molecule has 0 atom stereocenters. The fraction of sp³-hybridized carbons (Fsp3) is 0.300. The monoisotopic (exact) mass is 371 g/mol. The van der Waals surface area contributed by atoms with Crippen LogP contribution in [0.2, 0.25) is 5.02 Å². The molecule has 1 saturated heterocycles. The van der Waals surface area contributed by atoms with Crippen LogP contribution in [0.1, 0.15) is 11.1 Å². The molecule has 2 aromatic carbocycles. The molecule has 0 bridgehead atoms. The van der Waals surface area contributed by atoms with Crippen molar-refractivity contribution in [1.29, 1.82) is 0 Å². The molecule has 1 N–H and O–H groups in total. The van der Waals surface area contributed by atoms with Crippen LogP contribution in [0.3, 0.4) is 0 Å². The lowest BCUT2D eigenvalue weighted by atomic mass is 10.1. The van der Waals surface area contributed by atoms with Gasteiger partial charge < -0.3 is 15.1 Å². The molecule has 1 aliphatic rings. The third kappa shape index (κ3) is 3.99. The topological polar surface area (TPSA) is 52.7 Å². The van der Waals surface area contributed by atoms with E-state index >= 15 is 0 Å². The molecule has 2 aromatic rings. The molecule has 0 aliphatic carbocycles. The van der Waals surface area contributed by atoms with Crippen molar-refractivity contribution in [2.45, 2.75) is 13.8 Å². The number of anilines is 2. The van der Waals surface area contributed by atoms with Crippen LogP contribution >= 0.6 is 11.6 Å². The molecule has 0 aromatic heterocycles. The molecule has 3 rings (SSSR count). The standard InChI is InChI=1S/C20H22ClN3O2/c1-14-5-3-6-15(2)18(14)22-19(25)20(26)24-11-9-23(10-12-24)17-8-4-7-16(21)13-17/h3-8,13H,9-12H2,1-2H3,(H,22,25). The number of piperazine rings is 1. The highest BCUT2D eigenvalue weighted by molar-refractivity contribution is 6.39. The summed E-state index contributed by atoms with van der Waals surface area (Å²) in [6.07, 6.45) is 0. The number of carbonyl (C=O) groups is 2. The third-order valence-electron chi connectivity index (χ3n) is 4.65. The summed E-state index contributed by atoms with van der Waals surface area (Å²) in [4.78, 5) is 28.6. The van der Waals surface area contributed by atoms with Crippen molar-refractivity contribution in [3.63, 3.8) is 0 Å². The Bertz CT molecular complexity index is 809. The summed E-state index contributed by atoms with van der Waals surface area (Å²) in [5.41, 5.74) is 3.63. The van der Waals surface area contributed by atoms with E-state index in [9.17, 15) is 9.59 Å². The fourth-order valence-corrected chi connectivity index (χ4v) is 3.35.